The van der Waals surface area contributed by atoms with E-state index < -0.39 is 0 Å². The topological polar surface area (TPSA) is 79.9 Å². The molecule has 2 heterocycles. The molecule has 0 bridgehead atoms. The zero-order valence-corrected chi connectivity index (χ0v) is 11.5. The summed E-state index contributed by atoms with van der Waals surface area (Å²) in [5.41, 5.74) is 3.57. The number of anilines is 1. The van der Waals surface area contributed by atoms with Crippen molar-refractivity contribution in [3.63, 3.8) is 0 Å². The van der Waals surface area contributed by atoms with Gasteiger partial charge in [0, 0.05) is 11.4 Å². The van der Waals surface area contributed by atoms with Crippen LogP contribution in [0.1, 0.15) is 17.4 Å². The van der Waals surface area contributed by atoms with Gasteiger partial charge in [-0.05, 0) is 19.1 Å². The number of hydrogen-bond donors (Lipinski definition) is 2. The first-order valence-electron chi connectivity index (χ1n) is 6.08. The average Bonchev–Trinajstić information content (AvgIpc) is 3.06. The number of thiazole rings is 1. The highest BCUT2D eigenvalue weighted by molar-refractivity contribution is 7.07. The standard InChI is InChI=1S/C13H12N4O2S/c1-2-19-8-3-4-9-10(5-8)16-13(15-9)17-12(18)11-6-20-7-14-11/h3-7H,2H2,1H3,(H2,15,16,17,18). The van der Waals surface area contributed by atoms with Crippen molar-refractivity contribution in [1.82, 2.24) is 15.0 Å². The number of carbonyl (C=O) groups excluding carboxylic acids is 1. The first-order chi connectivity index (χ1) is 9.76. The van der Waals surface area contributed by atoms with Crippen molar-refractivity contribution in [2.24, 2.45) is 0 Å². The summed E-state index contributed by atoms with van der Waals surface area (Å²) in [5, 5.41) is 4.37. The van der Waals surface area contributed by atoms with Crippen LogP contribution >= 0.6 is 11.3 Å². The van der Waals surface area contributed by atoms with Crippen LogP contribution in [0.4, 0.5) is 5.95 Å². The molecule has 2 aromatic heterocycles. The number of H-pyrrole nitrogens is 1. The lowest BCUT2D eigenvalue weighted by Crippen LogP contribution is -2.13. The van der Waals surface area contributed by atoms with Crippen LogP contribution in [0.15, 0.2) is 29.1 Å². The number of amides is 1. The van der Waals surface area contributed by atoms with E-state index in [9.17, 15) is 4.79 Å². The molecule has 0 spiro atoms. The van der Waals surface area contributed by atoms with Crippen LogP contribution in [0, 0.1) is 0 Å². The summed E-state index contributed by atoms with van der Waals surface area (Å²) in [5.74, 6) is 0.878. The Bertz CT molecular complexity index is 736. The van der Waals surface area contributed by atoms with E-state index in [-0.39, 0.29) is 5.91 Å². The number of imidazole rings is 1. The molecule has 0 aliphatic heterocycles. The number of ether oxygens (including phenoxy) is 1. The Balaban J connectivity index is 1.84. The minimum Gasteiger partial charge on any atom is -0.494 e. The summed E-state index contributed by atoms with van der Waals surface area (Å²) in [4.78, 5) is 23.2. The molecule has 20 heavy (non-hydrogen) atoms. The molecule has 3 aromatic rings. The van der Waals surface area contributed by atoms with Gasteiger partial charge in [-0.1, -0.05) is 0 Å². The molecule has 7 heteroatoms. The van der Waals surface area contributed by atoms with Crippen LogP contribution in [0.3, 0.4) is 0 Å². The maximum absolute atomic E-state index is 11.9. The molecule has 1 amide bonds. The summed E-state index contributed by atoms with van der Waals surface area (Å²) in [6.07, 6.45) is 0. The summed E-state index contributed by atoms with van der Waals surface area (Å²) in [6, 6.07) is 5.54. The van der Waals surface area contributed by atoms with Gasteiger partial charge in [0.05, 0.1) is 23.2 Å². The molecule has 102 valence electrons. The third-order valence-corrected chi connectivity index (χ3v) is 3.25. The van der Waals surface area contributed by atoms with E-state index in [1.807, 2.05) is 25.1 Å². The lowest BCUT2D eigenvalue weighted by Gasteiger charge is -2.00. The van der Waals surface area contributed by atoms with Gasteiger partial charge in [-0.15, -0.1) is 11.3 Å². The Labute approximate surface area is 118 Å². The van der Waals surface area contributed by atoms with Gasteiger partial charge in [0.15, 0.2) is 0 Å². The fourth-order valence-electron chi connectivity index (χ4n) is 1.80. The Hall–Kier alpha value is -2.41. The van der Waals surface area contributed by atoms with E-state index in [1.54, 1.807) is 10.9 Å². The van der Waals surface area contributed by atoms with Crippen LogP contribution in [0.5, 0.6) is 5.75 Å². The zero-order valence-electron chi connectivity index (χ0n) is 10.7. The number of hydrogen-bond acceptors (Lipinski definition) is 5. The molecule has 2 N–H and O–H groups in total. The van der Waals surface area contributed by atoms with Crippen LogP contribution in [-0.4, -0.2) is 27.5 Å². The minimum atomic E-state index is -0.282. The minimum absolute atomic E-state index is 0.282. The predicted molar refractivity (Wildman–Crippen MR) is 77.3 cm³/mol. The van der Waals surface area contributed by atoms with Gasteiger partial charge in [0.1, 0.15) is 11.4 Å². The van der Waals surface area contributed by atoms with Crippen molar-refractivity contribution in [3.05, 3.63) is 34.8 Å². The number of rotatable bonds is 4. The number of carbonyl (C=O) groups is 1. The second-order valence-electron chi connectivity index (χ2n) is 4.03. The summed E-state index contributed by atoms with van der Waals surface area (Å²) < 4.78 is 5.42. The van der Waals surface area contributed by atoms with E-state index in [1.165, 1.54) is 11.3 Å². The van der Waals surface area contributed by atoms with E-state index in [4.69, 9.17) is 4.74 Å². The molecule has 3 rings (SSSR count). The lowest BCUT2D eigenvalue weighted by atomic mass is 10.3. The van der Waals surface area contributed by atoms with E-state index in [2.05, 4.69) is 20.3 Å². The smallest absolute Gasteiger partial charge is 0.277 e. The Morgan fingerprint density at radius 2 is 2.40 bits per heavy atom. The second kappa shape index (κ2) is 5.30. The SMILES string of the molecule is CCOc1ccc2nc(NC(=O)c3cscn3)[nH]c2c1. The molecule has 0 fully saturated rings. The molecular weight excluding hydrogens is 276 g/mol. The van der Waals surface area contributed by atoms with Crippen LogP contribution in [0.2, 0.25) is 0 Å². The maximum atomic E-state index is 11.9. The van der Waals surface area contributed by atoms with Gasteiger partial charge >= 0.3 is 0 Å². The van der Waals surface area contributed by atoms with Crippen molar-refractivity contribution < 1.29 is 9.53 Å². The maximum Gasteiger partial charge on any atom is 0.277 e. The number of fused-ring (bicyclic) bond motifs is 1. The molecule has 0 atom stereocenters. The molecule has 0 saturated heterocycles. The normalized spacial score (nSPS) is 10.7. The van der Waals surface area contributed by atoms with Crippen molar-refractivity contribution in [2.45, 2.75) is 6.92 Å². The van der Waals surface area contributed by atoms with Gasteiger partial charge in [0.2, 0.25) is 5.95 Å². The van der Waals surface area contributed by atoms with Crippen molar-refractivity contribution >= 4 is 34.2 Å². The van der Waals surface area contributed by atoms with Crippen LogP contribution in [-0.2, 0) is 0 Å². The van der Waals surface area contributed by atoms with E-state index >= 15 is 0 Å². The molecule has 1 aromatic carbocycles. The second-order valence-corrected chi connectivity index (χ2v) is 4.74. The summed E-state index contributed by atoms with van der Waals surface area (Å²) in [7, 11) is 0. The van der Waals surface area contributed by atoms with E-state index in [0.717, 1.165) is 16.8 Å². The number of benzene rings is 1. The third kappa shape index (κ3) is 2.48. The number of aromatic nitrogens is 3. The van der Waals surface area contributed by atoms with Gasteiger partial charge in [0.25, 0.3) is 5.91 Å². The molecule has 0 aliphatic rings. The fourth-order valence-corrected chi connectivity index (χ4v) is 2.33. The van der Waals surface area contributed by atoms with Gasteiger partial charge in [-0.3, -0.25) is 10.1 Å². The molecular formula is C13H12N4O2S. The van der Waals surface area contributed by atoms with Crippen molar-refractivity contribution in [1.29, 1.82) is 0 Å². The fraction of sp³-hybridized carbons (Fsp3) is 0.154. The summed E-state index contributed by atoms with van der Waals surface area (Å²) in [6.45, 7) is 2.53. The average molecular weight is 288 g/mol. The highest BCUT2D eigenvalue weighted by Gasteiger charge is 2.11. The van der Waals surface area contributed by atoms with Crippen molar-refractivity contribution in [3.8, 4) is 5.75 Å². The molecule has 6 nitrogen and oxygen atoms in total. The van der Waals surface area contributed by atoms with Crippen molar-refractivity contribution in [2.75, 3.05) is 11.9 Å². The number of nitrogens with one attached hydrogen (secondary N) is 2. The predicted octanol–water partition coefficient (Wildman–Crippen LogP) is 2.67. The Kier molecular flexibility index (Phi) is 3.34. The largest absolute Gasteiger partial charge is 0.494 e. The molecule has 0 radical (unpaired) electrons. The van der Waals surface area contributed by atoms with Crippen LogP contribution in [0.25, 0.3) is 11.0 Å². The van der Waals surface area contributed by atoms with Gasteiger partial charge < -0.3 is 9.72 Å². The van der Waals surface area contributed by atoms with Gasteiger partial charge in [-0.2, -0.15) is 0 Å². The first kappa shape index (κ1) is 12.6. The monoisotopic (exact) mass is 288 g/mol. The quantitative estimate of drug-likeness (QED) is 0.773. The van der Waals surface area contributed by atoms with Crippen LogP contribution < -0.4 is 10.1 Å². The molecule has 0 aliphatic carbocycles. The first-order valence-corrected chi connectivity index (χ1v) is 7.02. The zero-order chi connectivity index (χ0) is 13.9. The molecule has 0 unspecified atom stereocenters. The van der Waals surface area contributed by atoms with E-state index in [0.29, 0.717) is 18.2 Å². The Morgan fingerprint density at radius 1 is 1.50 bits per heavy atom. The highest BCUT2D eigenvalue weighted by Crippen LogP contribution is 2.20. The Morgan fingerprint density at radius 3 is 3.15 bits per heavy atom. The van der Waals surface area contributed by atoms with Gasteiger partial charge in [-0.25, -0.2) is 9.97 Å². The lowest BCUT2D eigenvalue weighted by molar-refractivity contribution is 0.102. The third-order valence-electron chi connectivity index (χ3n) is 2.66. The number of aromatic amines is 1. The molecule has 0 saturated carbocycles. The summed E-state index contributed by atoms with van der Waals surface area (Å²) >= 11 is 1.37. The number of nitrogens with zero attached hydrogens (tertiary/aromatic N) is 2. The highest BCUT2D eigenvalue weighted by atomic mass is 32.1.